The van der Waals surface area contributed by atoms with Gasteiger partial charge in [0.2, 0.25) is 0 Å². The van der Waals surface area contributed by atoms with E-state index >= 15 is 0 Å². The third kappa shape index (κ3) is 7.16. The van der Waals surface area contributed by atoms with Crippen molar-refractivity contribution in [3.63, 3.8) is 0 Å². The lowest BCUT2D eigenvalue weighted by molar-refractivity contribution is 0.0164. The van der Waals surface area contributed by atoms with Gasteiger partial charge >= 0.3 is 6.09 Å². The topological polar surface area (TPSA) is 61.6 Å². The number of carbonyl (C=O) groups is 1. The molecule has 1 amide bonds. The van der Waals surface area contributed by atoms with Gasteiger partial charge in [0.15, 0.2) is 0 Å². The molecule has 0 aliphatic carbocycles. The monoisotopic (exact) mass is 185 g/mol. The van der Waals surface area contributed by atoms with Crippen LogP contribution in [-0.4, -0.2) is 24.9 Å². The van der Waals surface area contributed by atoms with E-state index in [9.17, 15) is 4.79 Å². The van der Waals surface area contributed by atoms with Gasteiger partial charge in [-0.2, -0.15) is 0 Å². The predicted octanol–water partition coefficient (Wildman–Crippen LogP) is 0.900. The maximum atomic E-state index is 10.4. The van der Waals surface area contributed by atoms with Gasteiger partial charge in [0.25, 0.3) is 0 Å². The lowest BCUT2D eigenvalue weighted by atomic mass is 10.1. The number of hydrogen-bond acceptors (Lipinski definition) is 3. The van der Waals surface area contributed by atoms with Gasteiger partial charge in [-0.05, 0) is 13.8 Å². The van der Waals surface area contributed by atoms with Crippen LogP contribution in [0.15, 0.2) is 0 Å². The van der Waals surface area contributed by atoms with E-state index in [0.29, 0.717) is 13.0 Å². The van der Waals surface area contributed by atoms with Gasteiger partial charge in [-0.15, -0.1) is 6.42 Å². The largest absolute Gasteiger partial charge is 0.444 e. The van der Waals surface area contributed by atoms with Crippen LogP contribution in [0.25, 0.3) is 0 Å². The summed E-state index contributed by atoms with van der Waals surface area (Å²) in [6.45, 7) is 4.24. The van der Waals surface area contributed by atoms with Gasteiger partial charge in [-0.25, -0.2) is 4.79 Å². The van der Waals surface area contributed by atoms with Gasteiger partial charge in [0.1, 0.15) is 12.2 Å². The molecule has 0 aromatic carbocycles. The molecule has 0 aromatic heterocycles. The Labute approximate surface area is 78.4 Å². The van der Waals surface area contributed by atoms with Crippen LogP contribution >= 0.6 is 0 Å². The first-order chi connectivity index (χ1) is 5.98. The van der Waals surface area contributed by atoms with Crippen molar-refractivity contribution in [1.29, 1.82) is 0 Å². The minimum Gasteiger partial charge on any atom is -0.444 e. The van der Waals surface area contributed by atoms with Gasteiger partial charge < -0.3 is 15.2 Å². The molecule has 0 aromatic rings. The number of hydrogen-bond donors (Lipinski definition) is 1. The first kappa shape index (κ1) is 11.8. The lowest BCUT2D eigenvalue weighted by Crippen LogP contribution is -2.32. The number of primary amides is 1. The Morgan fingerprint density at radius 3 is 2.69 bits per heavy atom. The molecule has 74 valence electrons. The van der Waals surface area contributed by atoms with E-state index < -0.39 is 11.7 Å². The lowest BCUT2D eigenvalue weighted by Gasteiger charge is -2.23. The van der Waals surface area contributed by atoms with Gasteiger partial charge in [-0.3, -0.25) is 0 Å². The SMILES string of the molecule is C#CCOCCC(C)(C)OC(N)=O. The minimum atomic E-state index is -0.776. The van der Waals surface area contributed by atoms with E-state index in [2.05, 4.69) is 5.92 Å². The van der Waals surface area contributed by atoms with Crippen molar-refractivity contribution < 1.29 is 14.3 Å². The smallest absolute Gasteiger partial charge is 0.405 e. The maximum absolute atomic E-state index is 10.4. The molecule has 0 saturated heterocycles. The molecule has 0 aliphatic rings. The Hall–Kier alpha value is -1.21. The van der Waals surface area contributed by atoms with Gasteiger partial charge in [0, 0.05) is 6.42 Å². The molecule has 0 rings (SSSR count). The van der Waals surface area contributed by atoms with Crippen LogP contribution in [0, 0.1) is 12.3 Å². The second-order valence-corrected chi connectivity index (χ2v) is 3.19. The fourth-order valence-electron chi connectivity index (χ4n) is 0.772. The quantitative estimate of drug-likeness (QED) is 0.511. The molecular weight excluding hydrogens is 170 g/mol. The molecule has 0 atom stereocenters. The van der Waals surface area contributed by atoms with Gasteiger partial charge in [0.05, 0.1) is 6.61 Å². The van der Waals surface area contributed by atoms with Crippen molar-refractivity contribution in [3.05, 3.63) is 0 Å². The zero-order chi connectivity index (χ0) is 10.3. The number of ether oxygens (including phenoxy) is 2. The van der Waals surface area contributed by atoms with Gasteiger partial charge in [-0.1, -0.05) is 5.92 Å². The second-order valence-electron chi connectivity index (χ2n) is 3.19. The number of carbonyl (C=O) groups excluding carboxylic acids is 1. The van der Waals surface area contributed by atoms with Crippen LogP contribution in [0.5, 0.6) is 0 Å². The highest BCUT2D eigenvalue weighted by atomic mass is 16.6. The fraction of sp³-hybridized carbons (Fsp3) is 0.667. The first-order valence-electron chi connectivity index (χ1n) is 3.97. The number of terminal acetylenes is 1. The van der Waals surface area contributed by atoms with Crippen LogP contribution in [0.4, 0.5) is 4.79 Å². The molecule has 0 radical (unpaired) electrons. The summed E-state index contributed by atoms with van der Waals surface area (Å²) < 4.78 is 9.86. The molecule has 0 unspecified atom stereocenters. The predicted molar refractivity (Wildman–Crippen MR) is 49.0 cm³/mol. The highest BCUT2D eigenvalue weighted by Crippen LogP contribution is 2.13. The Morgan fingerprint density at radius 2 is 2.23 bits per heavy atom. The van der Waals surface area contributed by atoms with Crippen molar-refractivity contribution >= 4 is 6.09 Å². The van der Waals surface area contributed by atoms with Crippen molar-refractivity contribution in [1.82, 2.24) is 0 Å². The van der Waals surface area contributed by atoms with Crippen LogP contribution in [-0.2, 0) is 9.47 Å². The summed E-state index contributed by atoms with van der Waals surface area (Å²) in [6, 6.07) is 0. The summed E-state index contributed by atoms with van der Waals surface area (Å²) in [5.74, 6) is 2.34. The average Bonchev–Trinajstić information content (AvgIpc) is 1.95. The Morgan fingerprint density at radius 1 is 1.62 bits per heavy atom. The normalized spacial score (nSPS) is 10.5. The fourth-order valence-corrected chi connectivity index (χ4v) is 0.772. The van der Waals surface area contributed by atoms with Crippen molar-refractivity contribution in [2.75, 3.05) is 13.2 Å². The van der Waals surface area contributed by atoms with Crippen molar-refractivity contribution in [2.24, 2.45) is 5.73 Å². The summed E-state index contributed by atoms with van der Waals surface area (Å²) in [4.78, 5) is 10.4. The zero-order valence-electron chi connectivity index (χ0n) is 8.00. The average molecular weight is 185 g/mol. The molecule has 0 saturated carbocycles. The van der Waals surface area contributed by atoms with E-state index in [1.165, 1.54) is 0 Å². The third-order valence-corrected chi connectivity index (χ3v) is 1.41. The summed E-state index contributed by atoms with van der Waals surface area (Å²) in [6.07, 6.45) is 4.77. The molecule has 4 nitrogen and oxygen atoms in total. The molecule has 0 spiro atoms. The van der Waals surface area contributed by atoms with Crippen LogP contribution in [0.2, 0.25) is 0 Å². The molecule has 0 fully saturated rings. The Kier molecular flexibility index (Phi) is 4.93. The number of rotatable bonds is 5. The maximum Gasteiger partial charge on any atom is 0.405 e. The van der Waals surface area contributed by atoms with E-state index in [1.807, 2.05) is 0 Å². The number of amides is 1. The minimum absolute atomic E-state index is 0.270. The Bertz CT molecular complexity index is 205. The third-order valence-electron chi connectivity index (χ3n) is 1.41. The highest BCUT2D eigenvalue weighted by Gasteiger charge is 2.20. The summed E-state index contributed by atoms with van der Waals surface area (Å²) in [5.41, 5.74) is 4.28. The second kappa shape index (κ2) is 5.44. The number of nitrogens with two attached hydrogens (primary N) is 1. The molecule has 13 heavy (non-hydrogen) atoms. The van der Waals surface area contributed by atoms with E-state index in [0.717, 1.165) is 0 Å². The van der Waals surface area contributed by atoms with E-state index in [1.54, 1.807) is 13.8 Å². The highest BCUT2D eigenvalue weighted by molar-refractivity contribution is 5.65. The van der Waals surface area contributed by atoms with Crippen LogP contribution < -0.4 is 5.73 Å². The Balaban J connectivity index is 3.64. The van der Waals surface area contributed by atoms with Crippen LogP contribution in [0.3, 0.4) is 0 Å². The summed E-state index contributed by atoms with van der Waals surface area (Å²) in [7, 11) is 0. The molecular formula is C9H15NO3. The summed E-state index contributed by atoms with van der Waals surface area (Å²) >= 11 is 0. The molecule has 4 heteroatoms. The molecule has 0 bridgehead atoms. The van der Waals surface area contributed by atoms with Crippen molar-refractivity contribution in [2.45, 2.75) is 25.9 Å². The van der Waals surface area contributed by atoms with E-state index in [-0.39, 0.29) is 6.61 Å². The molecule has 0 aliphatic heterocycles. The van der Waals surface area contributed by atoms with Crippen molar-refractivity contribution in [3.8, 4) is 12.3 Å². The standard InChI is InChI=1S/C9H15NO3/c1-4-6-12-7-5-9(2,3)13-8(10)11/h1H,5-7H2,2-3H3,(H2,10,11). The molecule has 2 N–H and O–H groups in total. The molecule has 0 heterocycles. The van der Waals surface area contributed by atoms with Crippen LogP contribution in [0.1, 0.15) is 20.3 Å². The zero-order valence-corrected chi connectivity index (χ0v) is 8.00. The first-order valence-corrected chi connectivity index (χ1v) is 3.97. The van der Waals surface area contributed by atoms with E-state index in [4.69, 9.17) is 21.6 Å². The summed E-state index contributed by atoms with van der Waals surface area (Å²) in [5, 5.41) is 0.